The van der Waals surface area contributed by atoms with E-state index in [1.807, 2.05) is 0 Å². The molecule has 20 heavy (non-hydrogen) atoms. The van der Waals surface area contributed by atoms with Crippen molar-refractivity contribution < 1.29 is 4.74 Å². The lowest BCUT2D eigenvalue weighted by molar-refractivity contribution is 0.259. The Hall–Kier alpha value is -1.02. The van der Waals surface area contributed by atoms with Crippen LogP contribution in [0.5, 0.6) is 5.75 Å². The maximum Gasteiger partial charge on any atom is 0.122 e. The molecule has 0 radical (unpaired) electrons. The average molecular weight is 277 g/mol. The summed E-state index contributed by atoms with van der Waals surface area (Å²) in [5, 5.41) is 3.52. The Kier molecular flexibility index (Phi) is 6.54. The van der Waals surface area contributed by atoms with Gasteiger partial charge in [-0.05, 0) is 48.9 Å². The topological polar surface area (TPSA) is 21.3 Å². The molecule has 0 bridgehead atoms. The number of aryl methyl sites for hydroxylation is 1. The SMILES string of the molecule is CCCNC(CC)COc1ccc(C(C)(C)C)cc1C. The Balaban J connectivity index is 2.64. The van der Waals surface area contributed by atoms with Gasteiger partial charge in [-0.15, -0.1) is 0 Å². The predicted molar refractivity (Wildman–Crippen MR) is 87.7 cm³/mol. The molecule has 0 aliphatic carbocycles. The van der Waals surface area contributed by atoms with Gasteiger partial charge < -0.3 is 10.1 Å². The predicted octanol–water partition coefficient (Wildman–Crippen LogP) is 4.45. The minimum Gasteiger partial charge on any atom is -0.492 e. The van der Waals surface area contributed by atoms with Crippen LogP contribution in [0.1, 0.15) is 58.6 Å². The Morgan fingerprint density at radius 2 is 1.90 bits per heavy atom. The van der Waals surface area contributed by atoms with Crippen molar-refractivity contribution in [3.8, 4) is 5.75 Å². The fourth-order valence-corrected chi connectivity index (χ4v) is 2.14. The second-order valence-corrected chi connectivity index (χ2v) is 6.60. The van der Waals surface area contributed by atoms with Crippen LogP contribution in [0.4, 0.5) is 0 Å². The van der Waals surface area contributed by atoms with Gasteiger partial charge in [-0.2, -0.15) is 0 Å². The average Bonchev–Trinajstić information content (AvgIpc) is 2.39. The summed E-state index contributed by atoms with van der Waals surface area (Å²) in [5.74, 6) is 1.01. The van der Waals surface area contributed by atoms with Crippen molar-refractivity contribution in [1.29, 1.82) is 0 Å². The molecule has 0 aliphatic heterocycles. The highest BCUT2D eigenvalue weighted by molar-refractivity contribution is 5.38. The second kappa shape index (κ2) is 7.68. The van der Waals surface area contributed by atoms with E-state index >= 15 is 0 Å². The number of nitrogens with one attached hydrogen (secondary N) is 1. The van der Waals surface area contributed by atoms with Crippen LogP contribution in [0.3, 0.4) is 0 Å². The normalized spacial score (nSPS) is 13.3. The summed E-state index contributed by atoms with van der Waals surface area (Å²) in [6.45, 7) is 15.0. The molecule has 0 spiro atoms. The fourth-order valence-electron chi connectivity index (χ4n) is 2.14. The van der Waals surface area contributed by atoms with Crippen molar-refractivity contribution in [3.63, 3.8) is 0 Å². The molecule has 1 aromatic rings. The zero-order valence-corrected chi connectivity index (χ0v) is 14.0. The van der Waals surface area contributed by atoms with Crippen LogP contribution in [0.2, 0.25) is 0 Å². The van der Waals surface area contributed by atoms with Crippen molar-refractivity contribution >= 4 is 0 Å². The lowest BCUT2D eigenvalue weighted by Crippen LogP contribution is -2.34. The summed E-state index contributed by atoms with van der Waals surface area (Å²) in [6.07, 6.45) is 2.26. The standard InChI is InChI=1S/C18H31NO/c1-7-11-19-16(8-2)13-20-17-10-9-15(12-14(17)3)18(4,5)6/h9-10,12,16,19H,7-8,11,13H2,1-6H3. The Labute approximate surface area is 124 Å². The molecule has 2 heteroatoms. The molecule has 0 aromatic heterocycles. The largest absolute Gasteiger partial charge is 0.492 e. The third kappa shape index (κ3) is 5.16. The molecule has 2 nitrogen and oxygen atoms in total. The van der Waals surface area contributed by atoms with Crippen molar-refractivity contribution in [1.82, 2.24) is 5.32 Å². The first-order valence-corrected chi connectivity index (χ1v) is 7.85. The summed E-state index contributed by atoms with van der Waals surface area (Å²) in [4.78, 5) is 0. The fraction of sp³-hybridized carbons (Fsp3) is 0.667. The third-order valence-electron chi connectivity index (χ3n) is 3.66. The number of benzene rings is 1. The van der Waals surface area contributed by atoms with Gasteiger partial charge in [0.2, 0.25) is 0 Å². The van der Waals surface area contributed by atoms with Crippen LogP contribution in [0.15, 0.2) is 18.2 Å². The highest BCUT2D eigenvalue weighted by Gasteiger charge is 2.15. The van der Waals surface area contributed by atoms with Gasteiger partial charge >= 0.3 is 0 Å². The van der Waals surface area contributed by atoms with Gasteiger partial charge in [0.1, 0.15) is 12.4 Å². The number of ether oxygens (including phenoxy) is 1. The summed E-state index contributed by atoms with van der Waals surface area (Å²) < 4.78 is 5.99. The maximum atomic E-state index is 5.99. The van der Waals surface area contributed by atoms with E-state index in [0.29, 0.717) is 6.04 Å². The van der Waals surface area contributed by atoms with Gasteiger partial charge in [0, 0.05) is 6.04 Å². The van der Waals surface area contributed by atoms with Crippen LogP contribution in [0.25, 0.3) is 0 Å². The van der Waals surface area contributed by atoms with E-state index in [1.54, 1.807) is 0 Å². The van der Waals surface area contributed by atoms with E-state index in [-0.39, 0.29) is 5.41 Å². The van der Waals surface area contributed by atoms with Gasteiger partial charge in [-0.1, -0.05) is 46.8 Å². The molecule has 1 unspecified atom stereocenters. The zero-order valence-electron chi connectivity index (χ0n) is 14.0. The van der Waals surface area contributed by atoms with Crippen molar-refractivity contribution in [3.05, 3.63) is 29.3 Å². The highest BCUT2D eigenvalue weighted by atomic mass is 16.5. The van der Waals surface area contributed by atoms with Crippen LogP contribution >= 0.6 is 0 Å². The third-order valence-corrected chi connectivity index (χ3v) is 3.66. The molecule has 0 saturated carbocycles. The Morgan fingerprint density at radius 1 is 1.20 bits per heavy atom. The van der Waals surface area contributed by atoms with Crippen molar-refractivity contribution in [2.45, 2.75) is 65.8 Å². The first kappa shape index (κ1) is 17.0. The first-order chi connectivity index (χ1) is 9.38. The molecule has 1 aromatic carbocycles. The van der Waals surface area contributed by atoms with E-state index in [1.165, 1.54) is 11.1 Å². The molecule has 0 heterocycles. The van der Waals surface area contributed by atoms with Crippen LogP contribution in [-0.4, -0.2) is 19.2 Å². The van der Waals surface area contributed by atoms with E-state index in [4.69, 9.17) is 4.74 Å². The quantitative estimate of drug-likeness (QED) is 0.795. The van der Waals surface area contributed by atoms with Gasteiger partial charge in [0.05, 0.1) is 0 Å². The van der Waals surface area contributed by atoms with Crippen LogP contribution in [0, 0.1) is 6.92 Å². The van der Waals surface area contributed by atoms with Crippen LogP contribution in [-0.2, 0) is 5.41 Å². The molecule has 1 N–H and O–H groups in total. The van der Waals surface area contributed by atoms with Gasteiger partial charge in [-0.25, -0.2) is 0 Å². The highest BCUT2D eigenvalue weighted by Crippen LogP contribution is 2.27. The maximum absolute atomic E-state index is 5.99. The van der Waals surface area contributed by atoms with Crippen molar-refractivity contribution in [2.75, 3.05) is 13.2 Å². The van der Waals surface area contributed by atoms with Gasteiger partial charge in [0.25, 0.3) is 0 Å². The van der Waals surface area contributed by atoms with E-state index in [0.717, 1.165) is 31.7 Å². The summed E-state index contributed by atoms with van der Waals surface area (Å²) in [5.41, 5.74) is 2.78. The molecule has 114 valence electrons. The zero-order chi connectivity index (χ0) is 15.2. The van der Waals surface area contributed by atoms with Gasteiger partial charge in [0.15, 0.2) is 0 Å². The van der Waals surface area contributed by atoms with E-state index in [2.05, 4.69) is 65.1 Å². The van der Waals surface area contributed by atoms with E-state index < -0.39 is 0 Å². The summed E-state index contributed by atoms with van der Waals surface area (Å²) >= 11 is 0. The Morgan fingerprint density at radius 3 is 2.40 bits per heavy atom. The van der Waals surface area contributed by atoms with E-state index in [9.17, 15) is 0 Å². The molecule has 1 rings (SSSR count). The molecule has 0 saturated heterocycles. The van der Waals surface area contributed by atoms with Gasteiger partial charge in [-0.3, -0.25) is 0 Å². The smallest absolute Gasteiger partial charge is 0.122 e. The summed E-state index contributed by atoms with van der Waals surface area (Å²) in [7, 11) is 0. The monoisotopic (exact) mass is 277 g/mol. The lowest BCUT2D eigenvalue weighted by atomic mass is 9.86. The minimum absolute atomic E-state index is 0.192. The number of hydrogen-bond donors (Lipinski definition) is 1. The lowest BCUT2D eigenvalue weighted by Gasteiger charge is -2.22. The summed E-state index contributed by atoms with van der Waals surface area (Å²) in [6, 6.07) is 6.98. The Bertz CT molecular complexity index is 406. The molecule has 1 atom stereocenters. The molecular formula is C18H31NO. The number of hydrogen-bond acceptors (Lipinski definition) is 2. The van der Waals surface area contributed by atoms with Crippen molar-refractivity contribution in [2.24, 2.45) is 0 Å². The molecular weight excluding hydrogens is 246 g/mol. The number of rotatable bonds is 7. The molecule has 0 amide bonds. The molecule has 0 fully saturated rings. The minimum atomic E-state index is 0.192. The second-order valence-electron chi connectivity index (χ2n) is 6.60. The first-order valence-electron chi connectivity index (χ1n) is 7.85. The van der Waals surface area contributed by atoms with Crippen LogP contribution < -0.4 is 10.1 Å². The molecule has 0 aliphatic rings.